The summed E-state index contributed by atoms with van der Waals surface area (Å²) in [5, 5.41) is 14.8. The first kappa shape index (κ1) is 7.61. The van der Waals surface area contributed by atoms with Crippen molar-refractivity contribution in [3.8, 4) is 0 Å². The molecular weight excluding hydrogens is 148 g/mol. The zero-order valence-electron chi connectivity index (χ0n) is 5.90. The number of tetrazole rings is 1. The molecule has 0 aliphatic rings. The van der Waals surface area contributed by atoms with E-state index in [0.717, 1.165) is 0 Å². The van der Waals surface area contributed by atoms with Crippen molar-refractivity contribution >= 4 is 11.9 Å². The van der Waals surface area contributed by atoms with Crippen LogP contribution >= 0.6 is 0 Å². The summed E-state index contributed by atoms with van der Waals surface area (Å²) in [6.07, 6.45) is 0. The molecule has 0 bridgehead atoms. The maximum atomic E-state index is 10.9. The Balaban J connectivity index is 2.50. The third-order valence-electron chi connectivity index (χ3n) is 0.994. The summed E-state index contributed by atoms with van der Waals surface area (Å²) in [7, 11) is 0. The molecule has 0 spiro atoms. The van der Waals surface area contributed by atoms with Crippen LogP contribution in [-0.2, 0) is 4.79 Å². The van der Waals surface area contributed by atoms with Crippen molar-refractivity contribution in [2.45, 2.75) is 13.0 Å². The minimum Gasteiger partial charge on any atom is -0.320 e. The summed E-state index contributed by atoms with van der Waals surface area (Å²) < 4.78 is 0. The molecule has 0 saturated heterocycles. The third kappa shape index (κ3) is 1.97. The van der Waals surface area contributed by atoms with Gasteiger partial charge in [-0.25, -0.2) is 0 Å². The molecule has 1 heterocycles. The Kier molecular flexibility index (Phi) is 2.12. The molecule has 0 aliphatic carbocycles. The number of rotatable bonds is 2. The van der Waals surface area contributed by atoms with Crippen LogP contribution < -0.4 is 11.1 Å². The van der Waals surface area contributed by atoms with E-state index in [2.05, 4.69) is 25.9 Å². The molecule has 1 aromatic heterocycles. The molecule has 1 aromatic rings. The minimum absolute atomic E-state index is 0.132. The predicted molar refractivity (Wildman–Crippen MR) is 36.5 cm³/mol. The van der Waals surface area contributed by atoms with Crippen LogP contribution in [0, 0.1) is 0 Å². The topological polar surface area (TPSA) is 110 Å². The molecule has 7 nitrogen and oxygen atoms in total. The van der Waals surface area contributed by atoms with Gasteiger partial charge in [-0.2, -0.15) is 5.21 Å². The average molecular weight is 156 g/mol. The van der Waals surface area contributed by atoms with E-state index in [1.165, 1.54) is 0 Å². The number of aromatic nitrogens is 4. The van der Waals surface area contributed by atoms with Gasteiger partial charge in [0.2, 0.25) is 5.91 Å². The fourth-order valence-electron chi connectivity index (χ4n) is 0.439. The molecule has 0 fully saturated rings. The highest BCUT2D eigenvalue weighted by Gasteiger charge is 2.08. The van der Waals surface area contributed by atoms with Crippen LogP contribution in [0.2, 0.25) is 0 Å². The lowest BCUT2D eigenvalue weighted by molar-refractivity contribution is -0.117. The van der Waals surface area contributed by atoms with E-state index in [4.69, 9.17) is 5.73 Å². The molecule has 1 atom stereocenters. The van der Waals surface area contributed by atoms with Gasteiger partial charge in [-0.05, 0) is 12.1 Å². The second-order valence-corrected chi connectivity index (χ2v) is 2.01. The summed E-state index contributed by atoms with van der Waals surface area (Å²) in [6, 6.07) is -0.575. The van der Waals surface area contributed by atoms with Crippen LogP contribution in [0.4, 0.5) is 5.95 Å². The van der Waals surface area contributed by atoms with Crippen molar-refractivity contribution in [3.05, 3.63) is 0 Å². The number of hydrogen-bond donors (Lipinski definition) is 3. The number of nitrogens with zero attached hydrogens (tertiary/aromatic N) is 3. The van der Waals surface area contributed by atoms with Gasteiger partial charge in [0.05, 0.1) is 6.04 Å². The second kappa shape index (κ2) is 3.06. The highest BCUT2D eigenvalue weighted by atomic mass is 16.2. The number of carbonyl (C=O) groups excluding carboxylic acids is 1. The molecule has 0 aromatic carbocycles. The first-order chi connectivity index (χ1) is 5.20. The van der Waals surface area contributed by atoms with Crippen LogP contribution in [-0.4, -0.2) is 32.6 Å². The second-order valence-electron chi connectivity index (χ2n) is 2.01. The minimum atomic E-state index is -0.575. The Morgan fingerprint density at radius 1 is 1.82 bits per heavy atom. The van der Waals surface area contributed by atoms with Gasteiger partial charge in [-0.1, -0.05) is 5.10 Å². The van der Waals surface area contributed by atoms with E-state index < -0.39 is 6.04 Å². The van der Waals surface area contributed by atoms with Gasteiger partial charge in [0.25, 0.3) is 5.95 Å². The van der Waals surface area contributed by atoms with Crippen LogP contribution in [0.15, 0.2) is 0 Å². The van der Waals surface area contributed by atoms with Gasteiger partial charge in [-0.3, -0.25) is 10.1 Å². The molecule has 1 rings (SSSR count). The van der Waals surface area contributed by atoms with Crippen LogP contribution in [0.3, 0.4) is 0 Å². The predicted octanol–water partition coefficient (Wildman–Crippen LogP) is -1.51. The van der Waals surface area contributed by atoms with Gasteiger partial charge in [0.15, 0.2) is 0 Å². The highest BCUT2D eigenvalue weighted by Crippen LogP contribution is 1.90. The Hall–Kier alpha value is -1.50. The molecule has 11 heavy (non-hydrogen) atoms. The van der Waals surface area contributed by atoms with Gasteiger partial charge in [-0.15, -0.1) is 5.10 Å². The number of aromatic amines is 1. The Morgan fingerprint density at radius 2 is 2.55 bits per heavy atom. The zero-order chi connectivity index (χ0) is 8.27. The summed E-state index contributed by atoms with van der Waals surface area (Å²) >= 11 is 0. The number of hydrogen-bond acceptors (Lipinski definition) is 5. The number of nitrogens with two attached hydrogens (primary N) is 1. The molecule has 0 saturated carbocycles. The van der Waals surface area contributed by atoms with Crippen molar-refractivity contribution in [3.63, 3.8) is 0 Å². The van der Waals surface area contributed by atoms with E-state index in [1.807, 2.05) is 0 Å². The van der Waals surface area contributed by atoms with E-state index in [9.17, 15) is 4.79 Å². The molecule has 7 heteroatoms. The van der Waals surface area contributed by atoms with Gasteiger partial charge < -0.3 is 5.73 Å². The monoisotopic (exact) mass is 156 g/mol. The fourth-order valence-corrected chi connectivity index (χ4v) is 0.439. The standard InChI is InChI=1S/C4H8N6O/c1-2(5)3(11)6-4-7-9-10-8-4/h2H,5H2,1H3,(H2,6,7,8,9,10,11)/t2-/m0/s1. The van der Waals surface area contributed by atoms with Crippen LogP contribution in [0.1, 0.15) is 6.92 Å². The molecule has 4 N–H and O–H groups in total. The molecule has 60 valence electrons. The lowest BCUT2D eigenvalue weighted by atomic mass is 10.3. The first-order valence-corrected chi connectivity index (χ1v) is 3.00. The Labute approximate surface area is 62.4 Å². The number of nitrogens with one attached hydrogen (secondary N) is 2. The Morgan fingerprint density at radius 3 is 3.00 bits per heavy atom. The summed E-state index contributed by atoms with van der Waals surface area (Å²) in [6.45, 7) is 1.56. The highest BCUT2D eigenvalue weighted by molar-refractivity contribution is 5.92. The van der Waals surface area contributed by atoms with E-state index in [0.29, 0.717) is 0 Å². The molecule has 0 unspecified atom stereocenters. The zero-order valence-corrected chi connectivity index (χ0v) is 5.90. The number of H-pyrrole nitrogens is 1. The molecular formula is C4H8N6O. The smallest absolute Gasteiger partial charge is 0.269 e. The maximum Gasteiger partial charge on any atom is 0.269 e. The summed E-state index contributed by atoms with van der Waals surface area (Å²) in [5.74, 6) is -0.210. The quantitative estimate of drug-likeness (QED) is 0.482. The van der Waals surface area contributed by atoms with Crippen molar-refractivity contribution in [1.82, 2.24) is 20.6 Å². The molecule has 0 aliphatic heterocycles. The van der Waals surface area contributed by atoms with Crippen LogP contribution in [0.5, 0.6) is 0 Å². The van der Waals surface area contributed by atoms with Gasteiger partial charge in [0.1, 0.15) is 0 Å². The van der Waals surface area contributed by atoms with Crippen LogP contribution in [0.25, 0.3) is 0 Å². The normalized spacial score (nSPS) is 12.5. The number of amides is 1. The van der Waals surface area contributed by atoms with E-state index >= 15 is 0 Å². The summed E-state index contributed by atoms with van der Waals surface area (Å²) in [4.78, 5) is 10.9. The Bertz CT molecular complexity index is 229. The average Bonchev–Trinajstić information content (AvgIpc) is 2.39. The van der Waals surface area contributed by atoms with Crippen molar-refractivity contribution in [2.75, 3.05) is 5.32 Å². The third-order valence-corrected chi connectivity index (χ3v) is 0.994. The van der Waals surface area contributed by atoms with Gasteiger partial charge in [0, 0.05) is 0 Å². The van der Waals surface area contributed by atoms with Crippen molar-refractivity contribution in [1.29, 1.82) is 0 Å². The fraction of sp³-hybridized carbons (Fsp3) is 0.500. The maximum absolute atomic E-state index is 10.9. The SMILES string of the molecule is C[C@H](N)C(=O)Nc1nn[nH]n1. The molecule has 1 amide bonds. The van der Waals surface area contributed by atoms with E-state index in [-0.39, 0.29) is 11.9 Å². The van der Waals surface area contributed by atoms with Crippen molar-refractivity contribution in [2.24, 2.45) is 5.73 Å². The van der Waals surface area contributed by atoms with Crippen molar-refractivity contribution < 1.29 is 4.79 Å². The summed E-state index contributed by atoms with van der Waals surface area (Å²) in [5.41, 5.74) is 5.25. The van der Waals surface area contributed by atoms with E-state index in [1.54, 1.807) is 6.92 Å². The lowest BCUT2D eigenvalue weighted by Crippen LogP contribution is -2.32. The first-order valence-electron chi connectivity index (χ1n) is 3.00. The number of carbonyl (C=O) groups is 1. The number of anilines is 1. The molecule has 0 radical (unpaired) electrons. The lowest BCUT2D eigenvalue weighted by Gasteiger charge is -2.01. The van der Waals surface area contributed by atoms with Gasteiger partial charge >= 0.3 is 0 Å². The largest absolute Gasteiger partial charge is 0.320 e.